The highest BCUT2D eigenvalue weighted by atomic mass is 35.5. The number of hydrogen-bond acceptors (Lipinski definition) is 4. The third-order valence-corrected chi connectivity index (χ3v) is 6.39. The summed E-state index contributed by atoms with van der Waals surface area (Å²) < 4.78 is 5.62. The first-order valence-corrected chi connectivity index (χ1v) is 10.0. The Labute approximate surface area is 163 Å². The van der Waals surface area contributed by atoms with Gasteiger partial charge in [0.1, 0.15) is 11.8 Å². The topological polar surface area (TPSA) is 49.1 Å². The van der Waals surface area contributed by atoms with Gasteiger partial charge in [0.25, 0.3) is 5.91 Å². The average Bonchev–Trinajstić information content (AvgIpc) is 3.46. The fourth-order valence-corrected chi connectivity index (χ4v) is 4.89. The maximum atomic E-state index is 13.2. The number of carbonyl (C=O) groups is 1. The van der Waals surface area contributed by atoms with Gasteiger partial charge in [-0.25, -0.2) is 5.01 Å². The quantitative estimate of drug-likeness (QED) is 0.793. The Morgan fingerprint density at radius 3 is 2.44 bits per heavy atom. The molecule has 0 radical (unpaired) electrons. The van der Waals surface area contributed by atoms with E-state index in [9.17, 15) is 4.79 Å². The predicted molar refractivity (Wildman–Crippen MR) is 104 cm³/mol. The normalized spacial score (nSPS) is 27.4. The van der Waals surface area contributed by atoms with Crippen LogP contribution in [0.4, 0.5) is 0 Å². The first-order valence-electron chi connectivity index (χ1n) is 9.63. The van der Waals surface area contributed by atoms with Crippen molar-refractivity contribution >= 4 is 23.2 Å². The molecule has 1 amide bonds. The second kappa shape index (κ2) is 6.80. The van der Waals surface area contributed by atoms with Gasteiger partial charge in [-0.15, -0.1) is 0 Å². The molecule has 3 aliphatic heterocycles. The minimum Gasteiger partial charge on any atom is -0.467 e. The van der Waals surface area contributed by atoms with Crippen LogP contribution >= 0.6 is 11.6 Å². The van der Waals surface area contributed by atoms with E-state index in [-0.39, 0.29) is 11.9 Å². The highest BCUT2D eigenvalue weighted by molar-refractivity contribution is 6.30. The largest absolute Gasteiger partial charge is 0.467 e. The van der Waals surface area contributed by atoms with Crippen molar-refractivity contribution in [2.75, 3.05) is 6.54 Å². The molecule has 2 bridgehead atoms. The number of amides is 1. The van der Waals surface area contributed by atoms with Crippen molar-refractivity contribution in [3.8, 4) is 0 Å². The molecule has 0 spiro atoms. The molecule has 1 unspecified atom stereocenters. The predicted octanol–water partition coefficient (Wildman–Crippen LogP) is 4.24. The SMILES string of the molecule is O=C(CN1C2CCC1CC2)N1N=C(c2ccc(Cl)cc2)CC1c1ccco1. The summed E-state index contributed by atoms with van der Waals surface area (Å²) in [7, 11) is 0. The fourth-order valence-electron chi connectivity index (χ4n) is 4.77. The summed E-state index contributed by atoms with van der Waals surface area (Å²) in [6.45, 7) is 0.448. The molecular weight excluding hydrogens is 362 g/mol. The van der Waals surface area contributed by atoms with Crippen molar-refractivity contribution in [2.45, 2.75) is 50.2 Å². The summed E-state index contributed by atoms with van der Waals surface area (Å²) in [5, 5.41) is 7.04. The van der Waals surface area contributed by atoms with E-state index in [0.29, 0.717) is 30.1 Å². The standard InChI is InChI=1S/C21H22ClN3O2/c22-15-5-3-14(4-6-15)18-12-19(20-2-1-11-27-20)25(23-18)21(26)13-24-16-7-8-17(24)10-9-16/h1-6,11,16-17,19H,7-10,12-13H2. The molecule has 5 rings (SSSR count). The van der Waals surface area contributed by atoms with Gasteiger partial charge in [-0.2, -0.15) is 5.10 Å². The molecule has 1 aromatic carbocycles. The molecule has 2 fully saturated rings. The maximum Gasteiger partial charge on any atom is 0.257 e. The Morgan fingerprint density at radius 2 is 1.81 bits per heavy atom. The monoisotopic (exact) mass is 383 g/mol. The van der Waals surface area contributed by atoms with Crippen LogP contribution in [0.1, 0.15) is 49.5 Å². The zero-order valence-corrected chi connectivity index (χ0v) is 15.8. The highest BCUT2D eigenvalue weighted by Gasteiger charge is 2.42. The van der Waals surface area contributed by atoms with Gasteiger partial charge < -0.3 is 4.42 Å². The zero-order valence-electron chi connectivity index (χ0n) is 15.1. The molecule has 6 heteroatoms. The molecule has 0 aliphatic carbocycles. The fraction of sp³-hybridized carbons (Fsp3) is 0.429. The van der Waals surface area contributed by atoms with Crippen LogP contribution in [0.15, 0.2) is 52.2 Å². The molecule has 3 aliphatic rings. The summed E-state index contributed by atoms with van der Waals surface area (Å²) >= 11 is 6.01. The maximum absolute atomic E-state index is 13.2. The molecule has 4 heterocycles. The van der Waals surface area contributed by atoms with Crippen LogP contribution in [-0.2, 0) is 4.79 Å². The van der Waals surface area contributed by atoms with Crippen molar-refractivity contribution in [3.05, 3.63) is 59.0 Å². The van der Waals surface area contributed by atoms with E-state index >= 15 is 0 Å². The number of carbonyl (C=O) groups excluding carboxylic acids is 1. The Kier molecular flexibility index (Phi) is 4.29. The third-order valence-electron chi connectivity index (χ3n) is 6.14. The Hall–Kier alpha value is -2.11. The van der Waals surface area contributed by atoms with E-state index < -0.39 is 0 Å². The number of rotatable bonds is 4. The lowest BCUT2D eigenvalue weighted by Gasteiger charge is -2.25. The van der Waals surface area contributed by atoms with Crippen LogP contribution in [-0.4, -0.2) is 40.2 Å². The van der Waals surface area contributed by atoms with Crippen LogP contribution in [0.5, 0.6) is 0 Å². The number of furan rings is 1. The lowest BCUT2D eigenvalue weighted by molar-refractivity contribution is -0.134. The van der Waals surface area contributed by atoms with Crippen LogP contribution < -0.4 is 0 Å². The minimum atomic E-state index is -0.182. The van der Waals surface area contributed by atoms with Gasteiger partial charge in [0.05, 0.1) is 18.5 Å². The van der Waals surface area contributed by atoms with Crippen molar-refractivity contribution in [1.82, 2.24) is 9.91 Å². The van der Waals surface area contributed by atoms with Crippen LogP contribution in [0.3, 0.4) is 0 Å². The molecule has 0 saturated carbocycles. The van der Waals surface area contributed by atoms with Crippen LogP contribution in [0.2, 0.25) is 5.02 Å². The number of fused-ring (bicyclic) bond motifs is 2. The summed E-state index contributed by atoms with van der Waals surface area (Å²) in [6, 6.07) is 12.4. The van der Waals surface area contributed by atoms with E-state index in [0.717, 1.165) is 17.0 Å². The van der Waals surface area contributed by atoms with Crippen LogP contribution in [0, 0.1) is 0 Å². The zero-order chi connectivity index (χ0) is 18.4. The smallest absolute Gasteiger partial charge is 0.257 e. The van der Waals surface area contributed by atoms with Gasteiger partial charge in [-0.3, -0.25) is 9.69 Å². The number of hydrogen-bond donors (Lipinski definition) is 0. The summed E-state index contributed by atoms with van der Waals surface area (Å²) in [5.74, 6) is 0.833. The Morgan fingerprint density at radius 1 is 1.11 bits per heavy atom. The number of benzene rings is 1. The first-order chi connectivity index (χ1) is 13.2. The molecule has 2 saturated heterocycles. The number of hydrazone groups is 1. The van der Waals surface area contributed by atoms with E-state index in [1.165, 1.54) is 25.7 Å². The van der Waals surface area contributed by atoms with Crippen LogP contribution in [0.25, 0.3) is 0 Å². The third kappa shape index (κ3) is 3.09. The first kappa shape index (κ1) is 17.0. The van der Waals surface area contributed by atoms with Crippen molar-refractivity contribution in [3.63, 3.8) is 0 Å². The van der Waals surface area contributed by atoms with Crippen molar-refractivity contribution in [1.29, 1.82) is 0 Å². The van der Waals surface area contributed by atoms with Crippen molar-refractivity contribution < 1.29 is 9.21 Å². The second-order valence-electron chi connectivity index (χ2n) is 7.66. The van der Waals surface area contributed by atoms with Gasteiger partial charge in [0.15, 0.2) is 0 Å². The van der Waals surface area contributed by atoms with Gasteiger partial charge >= 0.3 is 0 Å². The summed E-state index contributed by atoms with van der Waals surface area (Å²) in [4.78, 5) is 15.6. The van der Waals surface area contributed by atoms with Gasteiger partial charge in [0, 0.05) is 23.5 Å². The Balaban J connectivity index is 1.41. The van der Waals surface area contributed by atoms with Gasteiger partial charge in [0.2, 0.25) is 0 Å². The molecular formula is C21H22ClN3O2. The molecule has 0 N–H and O–H groups in total. The molecule has 1 aromatic heterocycles. The minimum absolute atomic E-state index is 0.0548. The molecule has 5 nitrogen and oxygen atoms in total. The lowest BCUT2D eigenvalue weighted by Crippen LogP contribution is -2.40. The van der Waals surface area contributed by atoms with E-state index in [2.05, 4.69) is 4.90 Å². The number of halogens is 1. The number of nitrogens with zero attached hydrogens (tertiary/aromatic N) is 3. The van der Waals surface area contributed by atoms with Crippen molar-refractivity contribution in [2.24, 2.45) is 5.10 Å². The lowest BCUT2D eigenvalue weighted by atomic mass is 10.0. The average molecular weight is 384 g/mol. The molecule has 2 aromatic rings. The van der Waals surface area contributed by atoms with E-state index in [1.54, 1.807) is 11.3 Å². The van der Waals surface area contributed by atoms with E-state index in [4.69, 9.17) is 21.1 Å². The van der Waals surface area contributed by atoms with Gasteiger partial charge in [-0.05, 0) is 55.5 Å². The molecule has 140 valence electrons. The van der Waals surface area contributed by atoms with Gasteiger partial charge in [-0.1, -0.05) is 23.7 Å². The Bertz CT molecular complexity index is 842. The summed E-state index contributed by atoms with van der Waals surface area (Å²) in [5.41, 5.74) is 1.89. The second-order valence-corrected chi connectivity index (χ2v) is 8.10. The summed E-state index contributed by atoms with van der Waals surface area (Å²) in [6.07, 6.45) is 7.18. The van der Waals surface area contributed by atoms with E-state index in [1.807, 2.05) is 36.4 Å². The molecule has 1 atom stereocenters. The highest BCUT2D eigenvalue weighted by Crippen LogP contribution is 2.38. The molecule has 27 heavy (non-hydrogen) atoms.